The summed E-state index contributed by atoms with van der Waals surface area (Å²) in [5.41, 5.74) is 11.1. The number of aryl methyl sites for hydroxylation is 2. The van der Waals surface area contributed by atoms with E-state index in [0.29, 0.717) is 47.7 Å². The number of pyridine rings is 2. The molecule has 1 aliphatic heterocycles. The quantitative estimate of drug-likeness (QED) is 0.217. The van der Waals surface area contributed by atoms with Crippen molar-refractivity contribution in [2.24, 2.45) is 5.73 Å². The third-order valence-electron chi connectivity index (χ3n) is 7.18. The number of benzene rings is 1. The van der Waals surface area contributed by atoms with Crippen LogP contribution in [-0.4, -0.2) is 53.8 Å². The van der Waals surface area contributed by atoms with E-state index in [1.165, 1.54) is 6.07 Å². The predicted octanol–water partition coefficient (Wildman–Crippen LogP) is 2.82. The van der Waals surface area contributed by atoms with Crippen LogP contribution >= 0.6 is 0 Å². The number of nitrogens with zero attached hydrogens (tertiary/aromatic N) is 2. The van der Waals surface area contributed by atoms with E-state index in [0.717, 1.165) is 41.3 Å². The Balaban J connectivity index is 0.000000362. The first kappa shape index (κ1) is 31.9. The van der Waals surface area contributed by atoms with Crippen LogP contribution in [-0.2, 0) is 45.1 Å². The standard InChI is InChI=1S/C23H21FN2O4.C5H12N2O2.C2H6/c1-11-13-4-3-5-14-16-8-26-20(22(16)25-19(21(13)14)7-18(11)24)6-15(12(2)28)17(23(26)29)9-30-10-27;1-7-5(8)4-9-3-2-6;1-2/h6-7,10,12,28H,3-5,8-9H2,1-2H3;2-4,6H2,1H3,(H,7,8);1-2H3. The number of rotatable bonds is 8. The molecular weight excluding hydrogens is 531 g/mol. The number of amides is 1. The number of ether oxygens (including phenoxy) is 2. The van der Waals surface area contributed by atoms with Gasteiger partial charge in [-0.2, -0.15) is 0 Å². The molecule has 5 rings (SSSR count). The fraction of sp³-hybridized carbons (Fsp3) is 0.467. The normalized spacial score (nSPS) is 13.2. The summed E-state index contributed by atoms with van der Waals surface area (Å²) in [6.07, 6.45) is 1.68. The number of aliphatic hydroxyl groups is 1. The van der Waals surface area contributed by atoms with Crippen LogP contribution in [0.25, 0.3) is 22.3 Å². The van der Waals surface area contributed by atoms with Gasteiger partial charge in [-0.05, 0) is 61.4 Å². The molecule has 1 aromatic carbocycles. The number of nitrogens with two attached hydrogens (primary N) is 1. The van der Waals surface area contributed by atoms with Crippen LogP contribution in [0.2, 0.25) is 0 Å². The highest BCUT2D eigenvalue weighted by molar-refractivity contribution is 5.92. The second kappa shape index (κ2) is 14.3. The van der Waals surface area contributed by atoms with Crippen molar-refractivity contribution in [1.29, 1.82) is 0 Å². The molecule has 1 amide bonds. The maximum absolute atomic E-state index is 14.5. The second-order valence-corrected chi connectivity index (χ2v) is 9.58. The first-order chi connectivity index (χ1) is 19.7. The van der Waals surface area contributed by atoms with Crippen LogP contribution in [0.1, 0.15) is 66.7 Å². The van der Waals surface area contributed by atoms with Crippen LogP contribution in [0.5, 0.6) is 0 Å². The molecule has 4 N–H and O–H groups in total. The molecule has 0 radical (unpaired) electrons. The lowest BCUT2D eigenvalue weighted by atomic mass is 9.85. The number of aliphatic hydroxyl groups excluding tert-OH is 1. The summed E-state index contributed by atoms with van der Waals surface area (Å²) in [5, 5.41) is 13.7. The molecular formula is C30H39FN4O6. The Labute approximate surface area is 238 Å². The number of fused-ring (bicyclic) bond motifs is 4. The number of hydrogen-bond acceptors (Lipinski definition) is 8. The maximum Gasteiger partial charge on any atom is 0.293 e. The van der Waals surface area contributed by atoms with Gasteiger partial charge in [-0.25, -0.2) is 9.37 Å². The molecule has 1 unspecified atom stereocenters. The van der Waals surface area contributed by atoms with E-state index >= 15 is 0 Å². The largest absolute Gasteiger partial charge is 0.463 e. The van der Waals surface area contributed by atoms with Gasteiger partial charge in [0.05, 0.1) is 41.7 Å². The third kappa shape index (κ3) is 6.47. The lowest BCUT2D eigenvalue weighted by Crippen LogP contribution is -2.26. The number of carbonyl (C=O) groups is 2. The summed E-state index contributed by atoms with van der Waals surface area (Å²) < 4.78 is 25.8. The van der Waals surface area contributed by atoms with Crippen LogP contribution < -0.4 is 16.6 Å². The van der Waals surface area contributed by atoms with Crippen LogP contribution in [0, 0.1) is 12.7 Å². The minimum atomic E-state index is -0.914. The average molecular weight is 571 g/mol. The van der Waals surface area contributed by atoms with E-state index in [1.54, 1.807) is 31.5 Å². The van der Waals surface area contributed by atoms with Gasteiger partial charge in [0.1, 0.15) is 19.0 Å². The van der Waals surface area contributed by atoms with Gasteiger partial charge in [0.25, 0.3) is 12.0 Å². The number of aromatic nitrogens is 2. The monoisotopic (exact) mass is 570 g/mol. The Morgan fingerprint density at radius 3 is 2.61 bits per heavy atom. The average Bonchev–Trinajstić information content (AvgIpc) is 3.35. The van der Waals surface area contributed by atoms with Crippen molar-refractivity contribution >= 4 is 23.3 Å². The zero-order valence-corrected chi connectivity index (χ0v) is 24.3. The summed E-state index contributed by atoms with van der Waals surface area (Å²) in [4.78, 5) is 39.0. The molecule has 2 aliphatic rings. The zero-order chi connectivity index (χ0) is 30.3. The summed E-state index contributed by atoms with van der Waals surface area (Å²) in [6, 6.07) is 3.22. The third-order valence-corrected chi connectivity index (χ3v) is 7.18. The Kier molecular flexibility index (Phi) is 11.1. The van der Waals surface area contributed by atoms with Gasteiger partial charge < -0.3 is 30.2 Å². The van der Waals surface area contributed by atoms with Crippen LogP contribution in [0.15, 0.2) is 16.9 Å². The summed E-state index contributed by atoms with van der Waals surface area (Å²) in [5.74, 6) is -0.386. The van der Waals surface area contributed by atoms with Crippen molar-refractivity contribution in [1.82, 2.24) is 14.9 Å². The molecule has 0 saturated carbocycles. The van der Waals surface area contributed by atoms with Gasteiger partial charge in [0, 0.05) is 30.6 Å². The molecule has 11 heteroatoms. The van der Waals surface area contributed by atoms with Gasteiger partial charge >= 0.3 is 0 Å². The van der Waals surface area contributed by atoms with E-state index in [9.17, 15) is 23.9 Å². The van der Waals surface area contributed by atoms with E-state index in [-0.39, 0.29) is 42.5 Å². The number of nitrogens with one attached hydrogen (secondary N) is 1. The fourth-order valence-electron chi connectivity index (χ4n) is 5.28. The molecule has 0 spiro atoms. The highest BCUT2D eigenvalue weighted by atomic mass is 19.1. The lowest BCUT2D eigenvalue weighted by Gasteiger charge is -2.21. The van der Waals surface area contributed by atoms with E-state index < -0.39 is 6.10 Å². The predicted molar refractivity (Wildman–Crippen MR) is 154 cm³/mol. The number of likely N-dealkylation sites (N-methyl/N-ethyl adjacent to an activating group) is 1. The van der Waals surface area contributed by atoms with Crippen molar-refractivity contribution in [3.63, 3.8) is 0 Å². The minimum absolute atomic E-state index is 0.105. The van der Waals surface area contributed by atoms with Crippen molar-refractivity contribution < 1.29 is 28.6 Å². The number of hydrogen-bond donors (Lipinski definition) is 3. The van der Waals surface area contributed by atoms with Crippen molar-refractivity contribution in [2.45, 2.75) is 66.2 Å². The first-order valence-corrected chi connectivity index (χ1v) is 13.9. The van der Waals surface area contributed by atoms with Gasteiger partial charge in [-0.1, -0.05) is 13.8 Å². The molecule has 2 aromatic heterocycles. The highest BCUT2D eigenvalue weighted by Gasteiger charge is 2.31. The molecule has 0 saturated heterocycles. The zero-order valence-electron chi connectivity index (χ0n) is 24.3. The van der Waals surface area contributed by atoms with Gasteiger partial charge in [-0.15, -0.1) is 0 Å². The van der Waals surface area contributed by atoms with Gasteiger partial charge in [0.2, 0.25) is 5.91 Å². The first-order valence-electron chi connectivity index (χ1n) is 13.9. The Morgan fingerprint density at radius 2 is 1.98 bits per heavy atom. The van der Waals surface area contributed by atoms with E-state index in [4.69, 9.17) is 20.2 Å². The Morgan fingerprint density at radius 1 is 1.27 bits per heavy atom. The molecule has 1 aliphatic carbocycles. The molecule has 3 aromatic rings. The van der Waals surface area contributed by atoms with Crippen molar-refractivity contribution in [3.05, 3.63) is 61.7 Å². The summed E-state index contributed by atoms with van der Waals surface area (Å²) >= 11 is 0. The molecule has 0 fully saturated rings. The van der Waals surface area contributed by atoms with Gasteiger partial charge in [-0.3, -0.25) is 14.4 Å². The fourth-order valence-corrected chi connectivity index (χ4v) is 5.28. The Bertz CT molecular complexity index is 1480. The van der Waals surface area contributed by atoms with Crippen molar-refractivity contribution in [3.8, 4) is 11.4 Å². The molecule has 3 heterocycles. The minimum Gasteiger partial charge on any atom is -0.463 e. The summed E-state index contributed by atoms with van der Waals surface area (Å²) in [7, 11) is 1.56. The second-order valence-electron chi connectivity index (χ2n) is 9.58. The van der Waals surface area contributed by atoms with E-state index in [1.807, 2.05) is 13.8 Å². The van der Waals surface area contributed by atoms with E-state index in [2.05, 4.69) is 5.32 Å². The molecule has 41 heavy (non-hydrogen) atoms. The number of halogens is 1. The number of carbonyl (C=O) groups excluding carboxylic acids is 2. The lowest BCUT2D eigenvalue weighted by molar-refractivity contribution is -0.130. The van der Waals surface area contributed by atoms with Crippen LogP contribution in [0.4, 0.5) is 4.39 Å². The topological polar surface area (TPSA) is 146 Å². The highest BCUT2D eigenvalue weighted by Crippen LogP contribution is 2.41. The molecule has 222 valence electrons. The smallest absolute Gasteiger partial charge is 0.293 e. The molecule has 10 nitrogen and oxygen atoms in total. The maximum atomic E-state index is 14.5. The van der Waals surface area contributed by atoms with Gasteiger partial charge in [0.15, 0.2) is 0 Å². The van der Waals surface area contributed by atoms with Crippen LogP contribution in [0.3, 0.4) is 0 Å². The SMILES string of the molecule is CC.CNC(=O)COCCN.Cc1c(F)cc2nc3c(c4c2c1CCC4)Cn1c-3cc(C(C)O)c(COC=O)c1=O. The van der Waals surface area contributed by atoms with Crippen molar-refractivity contribution in [2.75, 3.05) is 26.8 Å². The summed E-state index contributed by atoms with van der Waals surface area (Å²) in [6.45, 7) is 8.82. The molecule has 0 bridgehead atoms. The Hall–Kier alpha value is -3.67. The molecule has 1 atom stereocenters.